The highest BCUT2D eigenvalue weighted by molar-refractivity contribution is 6.06. The van der Waals surface area contributed by atoms with E-state index in [-0.39, 0.29) is 11.6 Å². The number of nitrogens with zero attached hydrogens (tertiary/aromatic N) is 3. The first kappa shape index (κ1) is 18.0. The van der Waals surface area contributed by atoms with Crippen LogP contribution in [-0.2, 0) is 11.2 Å². The number of hydrogen-bond acceptors (Lipinski definition) is 4. The van der Waals surface area contributed by atoms with Crippen molar-refractivity contribution in [3.05, 3.63) is 82.2 Å². The molecule has 2 aromatic heterocycles. The Morgan fingerprint density at radius 3 is 2.59 bits per heavy atom. The molecule has 5 rings (SSSR count). The quantitative estimate of drug-likeness (QED) is 0.496. The van der Waals surface area contributed by atoms with Crippen LogP contribution in [0.25, 0.3) is 21.7 Å². The molecule has 0 radical (unpaired) electrons. The third-order valence-corrected chi connectivity index (χ3v) is 5.96. The van der Waals surface area contributed by atoms with E-state index in [1.54, 1.807) is 10.9 Å². The molecule has 1 aliphatic heterocycles. The van der Waals surface area contributed by atoms with Crippen LogP contribution < -0.4 is 5.56 Å². The number of hydrogen-bond donors (Lipinski definition) is 0. The van der Waals surface area contributed by atoms with E-state index in [2.05, 4.69) is 23.2 Å². The average Bonchev–Trinajstić information content (AvgIpc) is 2.77. The van der Waals surface area contributed by atoms with E-state index >= 15 is 0 Å². The van der Waals surface area contributed by atoms with Crippen molar-refractivity contribution in [2.75, 3.05) is 13.2 Å². The van der Waals surface area contributed by atoms with E-state index in [0.29, 0.717) is 18.6 Å². The molecule has 5 nitrogen and oxygen atoms in total. The van der Waals surface area contributed by atoms with Crippen LogP contribution in [-0.4, -0.2) is 27.7 Å². The Bertz CT molecular complexity index is 1260. The lowest BCUT2D eigenvalue weighted by Gasteiger charge is -2.24. The van der Waals surface area contributed by atoms with E-state index in [4.69, 9.17) is 9.72 Å². The SMILES string of the molecule is Cc1ncccc1Cc1cc2c(=O)n(C3CCOCC3)cnc2c2ccccc12. The summed E-state index contributed by atoms with van der Waals surface area (Å²) < 4.78 is 7.27. The molecule has 0 spiro atoms. The molecule has 5 heteroatoms. The second kappa shape index (κ2) is 7.41. The minimum atomic E-state index is 0.0387. The maximum Gasteiger partial charge on any atom is 0.261 e. The summed E-state index contributed by atoms with van der Waals surface area (Å²) in [6, 6.07) is 14.5. The van der Waals surface area contributed by atoms with Crippen molar-refractivity contribution in [3.8, 4) is 0 Å². The van der Waals surface area contributed by atoms with Crippen LogP contribution in [0.3, 0.4) is 0 Å². The van der Waals surface area contributed by atoms with Crippen molar-refractivity contribution in [3.63, 3.8) is 0 Å². The Hall–Kier alpha value is -3.05. The van der Waals surface area contributed by atoms with Gasteiger partial charge in [0.2, 0.25) is 0 Å². The first-order valence-electron chi connectivity index (χ1n) is 10.1. The van der Waals surface area contributed by atoms with Gasteiger partial charge in [-0.2, -0.15) is 0 Å². The standard InChI is InChI=1S/C24H23N3O2/c1-16-17(5-4-10-25-16)13-18-14-22-23(21-7-3-2-6-20(18)21)26-15-27(24(22)28)19-8-11-29-12-9-19/h2-7,10,14-15,19H,8-9,11-13H2,1H3. The second-order valence-electron chi connectivity index (χ2n) is 7.70. The van der Waals surface area contributed by atoms with Gasteiger partial charge in [-0.1, -0.05) is 30.3 Å². The zero-order valence-electron chi connectivity index (χ0n) is 16.5. The molecule has 0 saturated carbocycles. The largest absolute Gasteiger partial charge is 0.381 e. The van der Waals surface area contributed by atoms with Crippen LogP contribution in [0.15, 0.2) is 59.8 Å². The minimum absolute atomic E-state index is 0.0387. The third-order valence-electron chi connectivity index (χ3n) is 5.96. The van der Waals surface area contributed by atoms with Gasteiger partial charge in [0.15, 0.2) is 0 Å². The molecule has 29 heavy (non-hydrogen) atoms. The van der Waals surface area contributed by atoms with E-state index in [1.807, 2.05) is 37.4 Å². The molecule has 1 aliphatic rings. The van der Waals surface area contributed by atoms with Gasteiger partial charge in [0.05, 0.1) is 17.2 Å². The summed E-state index contributed by atoms with van der Waals surface area (Å²) in [6.07, 6.45) is 5.97. The van der Waals surface area contributed by atoms with Crippen molar-refractivity contribution in [1.29, 1.82) is 0 Å². The number of pyridine rings is 1. The molecule has 1 saturated heterocycles. The van der Waals surface area contributed by atoms with Crippen LogP contribution in [0.5, 0.6) is 0 Å². The van der Waals surface area contributed by atoms with Crippen molar-refractivity contribution in [1.82, 2.24) is 14.5 Å². The van der Waals surface area contributed by atoms with Gasteiger partial charge in [0.1, 0.15) is 0 Å². The zero-order chi connectivity index (χ0) is 19.8. The van der Waals surface area contributed by atoms with Crippen LogP contribution >= 0.6 is 0 Å². The lowest BCUT2D eigenvalue weighted by Crippen LogP contribution is -2.29. The average molecular weight is 385 g/mol. The van der Waals surface area contributed by atoms with Gasteiger partial charge in [-0.15, -0.1) is 0 Å². The molecule has 0 atom stereocenters. The van der Waals surface area contributed by atoms with Gasteiger partial charge in [-0.25, -0.2) is 4.98 Å². The molecule has 2 aromatic carbocycles. The fourth-order valence-corrected chi connectivity index (χ4v) is 4.33. The van der Waals surface area contributed by atoms with E-state index in [9.17, 15) is 4.79 Å². The zero-order valence-corrected chi connectivity index (χ0v) is 16.5. The van der Waals surface area contributed by atoms with Crippen LogP contribution in [0.4, 0.5) is 0 Å². The molecule has 0 N–H and O–H groups in total. The molecular weight excluding hydrogens is 362 g/mol. The van der Waals surface area contributed by atoms with Gasteiger partial charge in [0, 0.05) is 36.5 Å². The van der Waals surface area contributed by atoms with Gasteiger partial charge < -0.3 is 4.74 Å². The molecule has 4 aromatic rings. The summed E-state index contributed by atoms with van der Waals surface area (Å²) in [6.45, 7) is 3.41. The smallest absolute Gasteiger partial charge is 0.261 e. The molecule has 3 heterocycles. The molecule has 1 fully saturated rings. The van der Waals surface area contributed by atoms with Crippen molar-refractivity contribution < 1.29 is 4.74 Å². The fourth-order valence-electron chi connectivity index (χ4n) is 4.33. The molecule has 146 valence electrons. The molecule has 0 bridgehead atoms. The van der Waals surface area contributed by atoms with Gasteiger partial charge in [0.25, 0.3) is 5.56 Å². The van der Waals surface area contributed by atoms with Gasteiger partial charge in [-0.05, 0) is 54.8 Å². The highest BCUT2D eigenvalue weighted by atomic mass is 16.5. The second-order valence-corrected chi connectivity index (χ2v) is 7.70. The maximum absolute atomic E-state index is 13.4. The molecule has 0 unspecified atom stereocenters. The Morgan fingerprint density at radius 1 is 1.00 bits per heavy atom. The van der Waals surface area contributed by atoms with Crippen molar-refractivity contribution in [2.24, 2.45) is 0 Å². The Labute approximate surface area is 169 Å². The first-order valence-corrected chi connectivity index (χ1v) is 10.1. The van der Waals surface area contributed by atoms with E-state index < -0.39 is 0 Å². The number of benzene rings is 2. The summed E-state index contributed by atoms with van der Waals surface area (Å²) in [5.74, 6) is 0. The van der Waals surface area contributed by atoms with Gasteiger partial charge in [-0.3, -0.25) is 14.3 Å². The normalized spacial score (nSPS) is 15.2. The lowest BCUT2D eigenvalue weighted by molar-refractivity contribution is 0.0685. The first-order chi connectivity index (χ1) is 14.2. The monoisotopic (exact) mass is 385 g/mol. The minimum Gasteiger partial charge on any atom is -0.381 e. The Kier molecular flexibility index (Phi) is 4.60. The number of rotatable bonds is 3. The van der Waals surface area contributed by atoms with Gasteiger partial charge >= 0.3 is 0 Å². The topological polar surface area (TPSA) is 57.0 Å². The van der Waals surface area contributed by atoms with E-state index in [1.165, 1.54) is 5.56 Å². The lowest BCUT2D eigenvalue weighted by atomic mass is 9.95. The number of aryl methyl sites for hydroxylation is 1. The molecule has 0 amide bonds. The third kappa shape index (κ3) is 3.21. The molecular formula is C24H23N3O2. The summed E-state index contributed by atoms with van der Waals surface area (Å²) in [5, 5.41) is 2.85. The van der Waals surface area contributed by atoms with Crippen LogP contribution in [0, 0.1) is 6.92 Å². The fraction of sp³-hybridized carbons (Fsp3) is 0.292. The highest BCUT2D eigenvalue weighted by Crippen LogP contribution is 2.29. The number of fused-ring (bicyclic) bond motifs is 3. The number of ether oxygens (including phenoxy) is 1. The summed E-state index contributed by atoms with van der Waals surface area (Å²) in [4.78, 5) is 22.6. The summed E-state index contributed by atoms with van der Waals surface area (Å²) in [7, 11) is 0. The predicted molar refractivity (Wildman–Crippen MR) is 114 cm³/mol. The summed E-state index contributed by atoms with van der Waals surface area (Å²) >= 11 is 0. The maximum atomic E-state index is 13.4. The summed E-state index contributed by atoms with van der Waals surface area (Å²) in [5.41, 5.74) is 4.14. The van der Waals surface area contributed by atoms with Crippen LogP contribution in [0.2, 0.25) is 0 Å². The Morgan fingerprint density at radius 2 is 1.79 bits per heavy atom. The Balaban J connectivity index is 1.72. The highest BCUT2D eigenvalue weighted by Gasteiger charge is 2.19. The van der Waals surface area contributed by atoms with Crippen LogP contribution in [0.1, 0.15) is 35.7 Å². The predicted octanol–water partition coefficient (Wildman–Crippen LogP) is 4.20. The van der Waals surface area contributed by atoms with E-state index in [0.717, 1.165) is 46.8 Å². The van der Waals surface area contributed by atoms with Crippen molar-refractivity contribution in [2.45, 2.75) is 32.2 Å². The molecule has 0 aliphatic carbocycles. The number of aromatic nitrogens is 3. The van der Waals surface area contributed by atoms with Crippen molar-refractivity contribution >= 4 is 21.7 Å².